The average Bonchev–Trinajstić information content (AvgIpc) is 1.35. The molecule has 0 aliphatic carbocycles. The zero-order valence-electron chi connectivity index (χ0n) is 3.16. The second kappa shape index (κ2) is 3.03. The SMILES string of the molecule is [O]C(F)CCF. The molecule has 0 saturated heterocycles. The van der Waals surface area contributed by atoms with Crippen LogP contribution >= 0.6 is 0 Å². The van der Waals surface area contributed by atoms with Gasteiger partial charge in [0.2, 0.25) is 6.36 Å². The quantitative estimate of drug-likeness (QED) is 0.489. The molecule has 0 heterocycles. The van der Waals surface area contributed by atoms with Crippen LogP contribution in [0.3, 0.4) is 0 Å². The van der Waals surface area contributed by atoms with E-state index in [0.29, 0.717) is 0 Å². The Kier molecular flexibility index (Phi) is 2.94. The van der Waals surface area contributed by atoms with Crippen LogP contribution in [0.4, 0.5) is 8.78 Å². The lowest BCUT2D eigenvalue weighted by Crippen LogP contribution is -1.94. The van der Waals surface area contributed by atoms with E-state index in [1.165, 1.54) is 0 Å². The molecule has 0 fully saturated rings. The van der Waals surface area contributed by atoms with Crippen molar-refractivity contribution >= 4 is 0 Å². The summed E-state index contributed by atoms with van der Waals surface area (Å²) in [6.07, 6.45) is -2.74. The highest BCUT2D eigenvalue weighted by molar-refractivity contribution is 4.31. The Bertz CT molecular complexity index is 30.0. The fourth-order valence-electron chi connectivity index (χ4n) is 0.0858. The fourth-order valence-corrected chi connectivity index (χ4v) is 0.0858. The van der Waals surface area contributed by atoms with E-state index in [-0.39, 0.29) is 0 Å². The first kappa shape index (κ1) is 5.82. The third-order valence-electron chi connectivity index (χ3n) is 0.336. The van der Waals surface area contributed by atoms with Gasteiger partial charge in [-0.2, -0.15) is 5.11 Å². The number of hydrogen-bond donors (Lipinski definition) is 0. The number of rotatable bonds is 2. The predicted molar refractivity (Wildman–Crippen MR) is 16.2 cm³/mol. The molecule has 0 spiro atoms. The number of hydrogen-bond acceptors (Lipinski definition) is 0. The summed E-state index contributed by atoms with van der Waals surface area (Å²) in [4.78, 5) is 0. The van der Waals surface area contributed by atoms with Crippen LogP contribution in [-0.2, 0) is 5.11 Å². The highest BCUT2D eigenvalue weighted by Gasteiger charge is 1.97. The molecule has 1 nitrogen and oxygen atoms in total. The van der Waals surface area contributed by atoms with E-state index in [1.807, 2.05) is 0 Å². The molecule has 3 heteroatoms. The van der Waals surface area contributed by atoms with Gasteiger partial charge >= 0.3 is 0 Å². The standard InChI is InChI=1S/C3H5F2O/c4-2-1-3(5)6/h3H,1-2H2. The fraction of sp³-hybridized carbons (Fsp3) is 1.00. The molecule has 1 radical (unpaired) electrons. The number of alkyl halides is 2. The minimum absolute atomic E-state index is 0.514. The summed E-state index contributed by atoms with van der Waals surface area (Å²) >= 11 is 0. The maximum absolute atomic E-state index is 10.9. The highest BCUT2D eigenvalue weighted by Crippen LogP contribution is 1.91. The first-order valence-corrected chi connectivity index (χ1v) is 1.63. The van der Waals surface area contributed by atoms with E-state index in [1.54, 1.807) is 0 Å². The summed E-state index contributed by atoms with van der Waals surface area (Å²) in [6, 6.07) is 0. The molecule has 0 aliphatic rings. The summed E-state index contributed by atoms with van der Waals surface area (Å²) in [5.41, 5.74) is 0. The molecular formula is C3H5F2O. The van der Waals surface area contributed by atoms with Crippen molar-refractivity contribution in [1.82, 2.24) is 0 Å². The van der Waals surface area contributed by atoms with E-state index in [4.69, 9.17) is 0 Å². The second-order valence-electron chi connectivity index (χ2n) is 0.888. The molecule has 6 heavy (non-hydrogen) atoms. The van der Waals surface area contributed by atoms with Gasteiger partial charge in [-0.3, -0.25) is 4.39 Å². The van der Waals surface area contributed by atoms with E-state index in [2.05, 4.69) is 0 Å². The summed E-state index contributed by atoms with van der Waals surface area (Å²) < 4.78 is 21.7. The van der Waals surface area contributed by atoms with Gasteiger partial charge in [-0.1, -0.05) is 0 Å². The van der Waals surface area contributed by atoms with Crippen LogP contribution in [0.1, 0.15) is 6.42 Å². The van der Waals surface area contributed by atoms with E-state index in [0.717, 1.165) is 0 Å². The molecule has 37 valence electrons. The van der Waals surface area contributed by atoms with Crippen molar-refractivity contribution < 1.29 is 13.9 Å². The first-order chi connectivity index (χ1) is 2.77. The van der Waals surface area contributed by atoms with Crippen LogP contribution < -0.4 is 0 Å². The maximum Gasteiger partial charge on any atom is 0.234 e. The van der Waals surface area contributed by atoms with Crippen molar-refractivity contribution in [1.29, 1.82) is 0 Å². The molecule has 0 amide bonds. The van der Waals surface area contributed by atoms with E-state index >= 15 is 0 Å². The Morgan fingerprint density at radius 2 is 2.17 bits per heavy atom. The van der Waals surface area contributed by atoms with Gasteiger partial charge in [0.25, 0.3) is 0 Å². The summed E-state index contributed by atoms with van der Waals surface area (Å²) in [6.45, 7) is -0.856. The van der Waals surface area contributed by atoms with Gasteiger partial charge in [-0.25, -0.2) is 4.39 Å². The summed E-state index contributed by atoms with van der Waals surface area (Å²) in [5, 5.41) is 9.22. The Labute approximate surface area is 34.6 Å². The zero-order valence-corrected chi connectivity index (χ0v) is 3.16. The highest BCUT2D eigenvalue weighted by atomic mass is 19.2. The molecule has 0 aliphatic heterocycles. The second-order valence-corrected chi connectivity index (χ2v) is 0.888. The first-order valence-electron chi connectivity index (χ1n) is 1.63. The van der Waals surface area contributed by atoms with Crippen molar-refractivity contribution in [2.75, 3.05) is 6.67 Å². The van der Waals surface area contributed by atoms with Gasteiger partial charge in [0, 0.05) is 6.42 Å². The van der Waals surface area contributed by atoms with Crippen LogP contribution in [0.5, 0.6) is 0 Å². The van der Waals surface area contributed by atoms with Gasteiger partial charge in [0.15, 0.2) is 0 Å². The minimum Gasteiger partial charge on any atom is -0.251 e. The van der Waals surface area contributed by atoms with Crippen LogP contribution in [0.2, 0.25) is 0 Å². The molecule has 1 unspecified atom stereocenters. The average molecular weight is 95.1 g/mol. The van der Waals surface area contributed by atoms with Gasteiger partial charge in [0.05, 0.1) is 6.67 Å². The van der Waals surface area contributed by atoms with Crippen LogP contribution in [0.15, 0.2) is 0 Å². The molecule has 0 saturated carbocycles. The number of halogens is 2. The predicted octanol–water partition coefficient (Wildman–Crippen LogP) is 1.07. The minimum atomic E-state index is -2.23. The molecule has 1 atom stereocenters. The van der Waals surface area contributed by atoms with Crippen molar-refractivity contribution in [3.63, 3.8) is 0 Å². The van der Waals surface area contributed by atoms with Crippen LogP contribution in [0.25, 0.3) is 0 Å². The van der Waals surface area contributed by atoms with Gasteiger partial charge in [0.1, 0.15) is 0 Å². The normalized spacial score (nSPS) is 14.5. The molecule has 0 aromatic rings. The van der Waals surface area contributed by atoms with Crippen LogP contribution in [-0.4, -0.2) is 13.0 Å². The van der Waals surface area contributed by atoms with Crippen molar-refractivity contribution in [2.24, 2.45) is 0 Å². The zero-order chi connectivity index (χ0) is 4.99. The largest absolute Gasteiger partial charge is 0.251 e. The summed E-state index contributed by atoms with van der Waals surface area (Å²) in [7, 11) is 0. The summed E-state index contributed by atoms with van der Waals surface area (Å²) in [5.74, 6) is 0. The lowest BCUT2D eigenvalue weighted by atomic mass is 10.5. The smallest absolute Gasteiger partial charge is 0.234 e. The van der Waals surface area contributed by atoms with Crippen molar-refractivity contribution in [3.05, 3.63) is 0 Å². The molecule has 0 aromatic heterocycles. The third-order valence-corrected chi connectivity index (χ3v) is 0.336. The van der Waals surface area contributed by atoms with Crippen LogP contribution in [0, 0.1) is 0 Å². The van der Waals surface area contributed by atoms with Crippen molar-refractivity contribution in [2.45, 2.75) is 12.8 Å². The lowest BCUT2D eigenvalue weighted by Gasteiger charge is -1.85. The molecule has 0 bridgehead atoms. The molecular weight excluding hydrogens is 90.0 g/mol. The topological polar surface area (TPSA) is 19.9 Å². The van der Waals surface area contributed by atoms with Gasteiger partial charge < -0.3 is 0 Å². The Balaban J connectivity index is 2.63. The van der Waals surface area contributed by atoms with E-state index in [9.17, 15) is 13.9 Å². The molecule has 0 rings (SSSR count). The van der Waals surface area contributed by atoms with Crippen molar-refractivity contribution in [3.8, 4) is 0 Å². The lowest BCUT2D eigenvalue weighted by molar-refractivity contribution is -0.0316. The molecule has 0 N–H and O–H groups in total. The third kappa shape index (κ3) is 3.82. The molecule has 0 aromatic carbocycles. The Morgan fingerprint density at radius 1 is 1.67 bits per heavy atom. The maximum atomic E-state index is 10.9. The Morgan fingerprint density at radius 3 is 2.17 bits per heavy atom. The van der Waals surface area contributed by atoms with Gasteiger partial charge in [-0.05, 0) is 0 Å². The monoisotopic (exact) mass is 95.0 g/mol. The van der Waals surface area contributed by atoms with E-state index < -0.39 is 19.5 Å². The van der Waals surface area contributed by atoms with Gasteiger partial charge in [-0.15, -0.1) is 0 Å². The Hall–Kier alpha value is -0.180.